The molecule has 0 radical (unpaired) electrons. The number of hydrogen-bond donors (Lipinski definition) is 0. The summed E-state index contributed by atoms with van der Waals surface area (Å²) in [4.78, 5) is 15.3. The quantitative estimate of drug-likeness (QED) is 0.635. The van der Waals surface area contributed by atoms with Crippen LogP contribution in [0.1, 0.15) is 33.7 Å². The van der Waals surface area contributed by atoms with Crippen LogP contribution in [0.2, 0.25) is 0 Å². The van der Waals surface area contributed by atoms with Gasteiger partial charge in [-0.05, 0) is 18.6 Å². The van der Waals surface area contributed by atoms with Crippen LogP contribution >= 0.6 is 15.9 Å². The highest BCUT2D eigenvalue weighted by Gasteiger charge is 2.20. The van der Waals surface area contributed by atoms with Crippen molar-refractivity contribution in [2.75, 3.05) is 7.11 Å². The maximum absolute atomic E-state index is 12.7. The Morgan fingerprint density at radius 3 is 2.69 bits per heavy atom. The van der Waals surface area contributed by atoms with Gasteiger partial charge in [0.05, 0.1) is 12.8 Å². The van der Waals surface area contributed by atoms with Crippen LogP contribution in [0.5, 0.6) is 0 Å². The van der Waals surface area contributed by atoms with E-state index in [9.17, 15) is 13.6 Å². The summed E-state index contributed by atoms with van der Waals surface area (Å²) >= 11 is 3.11. The molecule has 0 spiro atoms. The molecule has 0 atom stereocenters. The molecule has 0 aliphatic rings. The number of carbonyl (C=O) groups excluding carboxylic acids is 1. The average molecular weight is 294 g/mol. The minimum atomic E-state index is -2.63. The highest BCUT2D eigenvalue weighted by atomic mass is 79.9. The summed E-state index contributed by atoms with van der Waals surface area (Å²) < 4.78 is 29.9. The standard InChI is InChI=1S/C10H10BrF2NO2/c1-5-7(9(12)13)3-6(4-11)14-8(5)10(15)16-2/h3,9H,4H2,1-2H3. The zero-order valence-electron chi connectivity index (χ0n) is 8.76. The van der Waals surface area contributed by atoms with Gasteiger partial charge in [-0.1, -0.05) is 15.9 Å². The molecule has 0 bridgehead atoms. The maximum Gasteiger partial charge on any atom is 0.356 e. The molecule has 0 aliphatic heterocycles. The minimum Gasteiger partial charge on any atom is -0.464 e. The number of rotatable bonds is 3. The first-order valence-corrected chi connectivity index (χ1v) is 5.56. The molecular weight excluding hydrogens is 284 g/mol. The van der Waals surface area contributed by atoms with Crippen LogP contribution in [-0.2, 0) is 10.1 Å². The second-order valence-corrected chi connectivity index (χ2v) is 3.66. The predicted octanol–water partition coefficient (Wildman–Crippen LogP) is 3.01. The zero-order valence-corrected chi connectivity index (χ0v) is 10.3. The van der Waals surface area contributed by atoms with Crippen molar-refractivity contribution < 1.29 is 18.3 Å². The summed E-state index contributed by atoms with van der Waals surface area (Å²) in [5, 5.41) is 0.303. The van der Waals surface area contributed by atoms with E-state index >= 15 is 0 Å². The highest BCUT2D eigenvalue weighted by molar-refractivity contribution is 9.08. The lowest BCUT2D eigenvalue weighted by atomic mass is 10.1. The number of halogens is 3. The van der Waals surface area contributed by atoms with Crippen LogP contribution in [0.3, 0.4) is 0 Å². The fourth-order valence-electron chi connectivity index (χ4n) is 1.27. The first-order chi connectivity index (χ1) is 7.51. The molecule has 1 aromatic heterocycles. The molecule has 0 fully saturated rings. The third-order valence-electron chi connectivity index (χ3n) is 2.12. The van der Waals surface area contributed by atoms with Crippen molar-refractivity contribution in [3.05, 3.63) is 28.6 Å². The fraction of sp³-hybridized carbons (Fsp3) is 0.400. The Kier molecular flexibility index (Phi) is 4.35. The summed E-state index contributed by atoms with van der Waals surface area (Å²) in [6.07, 6.45) is -2.63. The lowest BCUT2D eigenvalue weighted by Gasteiger charge is -2.10. The molecule has 3 nitrogen and oxygen atoms in total. The smallest absolute Gasteiger partial charge is 0.356 e. The minimum absolute atomic E-state index is 0.0604. The number of aromatic nitrogens is 1. The molecule has 6 heteroatoms. The van der Waals surface area contributed by atoms with Crippen LogP contribution in [0, 0.1) is 6.92 Å². The lowest BCUT2D eigenvalue weighted by Crippen LogP contribution is -2.11. The lowest BCUT2D eigenvalue weighted by molar-refractivity contribution is 0.0592. The number of esters is 1. The maximum atomic E-state index is 12.7. The second kappa shape index (κ2) is 5.34. The van der Waals surface area contributed by atoms with Gasteiger partial charge in [0.2, 0.25) is 0 Å². The van der Waals surface area contributed by atoms with E-state index in [1.54, 1.807) is 0 Å². The van der Waals surface area contributed by atoms with Gasteiger partial charge in [0.1, 0.15) is 0 Å². The fourth-order valence-corrected chi connectivity index (χ4v) is 1.56. The number of ether oxygens (including phenoxy) is 1. The third kappa shape index (κ3) is 2.55. The Morgan fingerprint density at radius 1 is 1.62 bits per heavy atom. The van der Waals surface area contributed by atoms with Crippen molar-refractivity contribution in [1.82, 2.24) is 4.98 Å². The predicted molar refractivity (Wildman–Crippen MR) is 57.9 cm³/mol. The Hall–Kier alpha value is -1.04. The van der Waals surface area contributed by atoms with Gasteiger partial charge in [0.25, 0.3) is 6.43 Å². The van der Waals surface area contributed by atoms with E-state index in [1.807, 2.05) is 0 Å². The van der Waals surface area contributed by atoms with Crippen LogP contribution in [0.15, 0.2) is 6.07 Å². The molecular formula is C10H10BrF2NO2. The van der Waals surface area contributed by atoms with E-state index in [2.05, 4.69) is 25.7 Å². The number of alkyl halides is 3. The largest absolute Gasteiger partial charge is 0.464 e. The van der Waals surface area contributed by atoms with Crippen molar-refractivity contribution in [2.45, 2.75) is 18.7 Å². The van der Waals surface area contributed by atoms with E-state index in [4.69, 9.17) is 0 Å². The summed E-state index contributed by atoms with van der Waals surface area (Å²) in [6.45, 7) is 1.43. The molecule has 1 rings (SSSR count). The van der Waals surface area contributed by atoms with Gasteiger partial charge in [-0.3, -0.25) is 0 Å². The van der Waals surface area contributed by atoms with Crippen molar-refractivity contribution in [3.8, 4) is 0 Å². The van der Waals surface area contributed by atoms with Crippen molar-refractivity contribution in [1.29, 1.82) is 0 Å². The topological polar surface area (TPSA) is 39.2 Å². The van der Waals surface area contributed by atoms with Gasteiger partial charge in [-0.15, -0.1) is 0 Å². The summed E-state index contributed by atoms with van der Waals surface area (Å²) in [6, 6.07) is 1.28. The van der Waals surface area contributed by atoms with Crippen molar-refractivity contribution in [2.24, 2.45) is 0 Å². The molecule has 1 aromatic rings. The third-order valence-corrected chi connectivity index (χ3v) is 2.69. The molecule has 88 valence electrons. The molecule has 1 heterocycles. The SMILES string of the molecule is COC(=O)c1nc(CBr)cc(C(F)F)c1C. The molecule has 0 saturated carbocycles. The monoisotopic (exact) mass is 293 g/mol. The van der Waals surface area contributed by atoms with Crippen LogP contribution in [0.4, 0.5) is 8.78 Å². The Balaban J connectivity index is 3.37. The average Bonchev–Trinajstić information content (AvgIpc) is 2.28. The number of pyridine rings is 1. The molecule has 16 heavy (non-hydrogen) atoms. The van der Waals surface area contributed by atoms with E-state index in [0.717, 1.165) is 0 Å². The number of carbonyl (C=O) groups is 1. The van der Waals surface area contributed by atoms with Crippen LogP contribution in [0.25, 0.3) is 0 Å². The molecule has 0 saturated heterocycles. The van der Waals surface area contributed by atoms with Crippen molar-refractivity contribution in [3.63, 3.8) is 0 Å². The second-order valence-electron chi connectivity index (χ2n) is 3.10. The molecule has 0 aromatic carbocycles. The zero-order chi connectivity index (χ0) is 12.3. The van der Waals surface area contributed by atoms with E-state index < -0.39 is 12.4 Å². The van der Waals surface area contributed by atoms with Gasteiger partial charge < -0.3 is 4.74 Å². The summed E-state index contributed by atoms with van der Waals surface area (Å²) in [7, 11) is 1.19. The molecule has 0 aliphatic carbocycles. The number of hydrogen-bond acceptors (Lipinski definition) is 3. The Bertz CT molecular complexity index is 410. The van der Waals surface area contributed by atoms with Gasteiger partial charge in [-0.25, -0.2) is 18.6 Å². The van der Waals surface area contributed by atoms with Crippen molar-refractivity contribution >= 4 is 21.9 Å². The summed E-state index contributed by atoms with van der Waals surface area (Å²) in [5.41, 5.74) is 0.285. The number of nitrogens with zero attached hydrogens (tertiary/aromatic N) is 1. The molecule has 0 unspecified atom stereocenters. The Morgan fingerprint density at radius 2 is 2.25 bits per heavy atom. The van der Waals surface area contributed by atoms with Crippen LogP contribution < -0.4 is 0 Å². The van der Waals surface area contributed by atoms with Crippen LogP contribution in [-0.4, -0.2) is 18.1 Å². The van der Waals surface area contributed by atoms with Gasteiger partial charge in [0, 0.05) is 10.9 Å². The number of methoxy groups -OCH3 is 1. The molecule has 0 amide bonds. The van der Waals surface area contributed by atoms with E-state index in [0.29, 0.717) is 11.0 Å². The van der Waals surface area contributed by atoms with E-state index in [-0.39, 0.29) is 16.8 Å². The van der Waals surface area contributed by atoms with Gasteiger partial charge in [0.15, 0.2) is 5.69 Å². The normalized spacial score (nSPS) is 10.6. The van der Waals surface area contributed by atoms with Gasteiger partial charge >= 0.3 is 5.97 Å². The highest BCUT2D eigenvalue weighted by Crippen LogP contribution is 2.26. The van der Waals surface area contributed by atoms with E-state index in [1.165, 1.54) is 20.1 Å². The first kappa shape index (κ1) is 13.0. The Labute approximate surface area is 99.9 Å². The molecule has 0 N–H and O–H groups in total. The first-order valence-electron chi connectivity index (χ1n) is 4.44. The summed E-state index contributed by atoms with van der Waals surface area (Å²) in [5.74, 6) is -0.706. The van der Waals surface area contributed by atoms with Gasteiger partial charge in [-0.2, -0.15) is 0 Å².